The van der Waals surface area contributed by atoms with Crippen molar-refractivity contribution in [2.24, 2.45) is 5.41 Å². The molecule has 1 amide bonds. The highest BCUT2D eigenvalue weighted by Crippen LogP contribution is 2.38. The molecule has 1 rings (SSSR count). The first kappa shape index (κ1) is 11.3. The van der Waals surface area contributed by atoms with Crippen LogP contribution in [0.25, 0.3) is 0 Å². The minimum Gasteiger partial charge on any atom is -0.453 e. The van der Waals surface area contributed by atoms with Crippen LogP contribution in [-0.2, 0) is 4.74 Å². The van der Waals surface area contributed by atoms with E-state index >= 15 is 0 Å². The number of hydrogen-bond donors (Lipinski definition) is 1. The van der Waals surface area contributed by atoms with Gasteiger partial charge in [-0.25, -0.2) is 4.79 Å². The van der Waals surface area contributed by atoms with Gasteiger partial charge in [0.05, 0.1) is 7.11 Å². The molecule has 0 aliphatic heterocycles. The Kier molecular flexibility index (Phi) is 3.78. The Hall–Kier alpha value is -0.730. The van der Waals surface area contributed by atoms with Crippen LogP contribution in [0, 0.1) is 5.41 Å². The van der Waals surface area contributed by atoms with Crippen LogP contribution in [0.2, 0.25) is 0 Å². The van der Waals surface area contributed by atoms with Crippen molar-refractivity contribution in [3.05, 3.63) is 0 Å². The molecule has 82 valence electrons. The van der Waals surface area contributed by atoms with Crippen LogP contribution in [0.4, 0.5) is 4.79 Å². The maximum Gasteiger partial charge on any atom is 0.407 e. The van der Waals surface area contributed by atoms with Gasteiger partial charge in [-0.05, 0) is 25.2 Å². The number of alkyl carbamates (subject to hydrolysis) is 1. The van der Waals surface area contributed by atoms with Crippen LogP contribution in [0.5, 0.6) is 0 Å². The number of methoxy groups -OCH3 is 1. The van der Waals surface area contributed by atoms with Crippen molar-refractivity contribution in [3.63, 3.8) is 0 Å². The Morgan fingerprint density at radius 2 is 1.93 bits per heavy atom. The fourth-order valence-electron chi connectivity index (χ4n) is 2.20. The van der Waals surface area contributed by atoms with Gasteiger partial charge in [0.15, 0.2) is 0 Å². The van der Waals surface area contributed by atoms with E-state index in [0.29, 0.717) is 0 Å². The van der Waals surface area contributed by atoms with Gasteiger partial charge < -0.3 is 10.1 Å². The molecule has 0 heterocycles. The number of amides is 1. The molecule has 0 saturated heterocycles. The molecular formula is C11H21NO2. The van der Waals surface area contributed by atoms with E-state index in [1.165, 1.54) is 39.2 Å². The van der Waals surface area contributed by atoms with Gasteiger partial charge in [0.2, 0.25) is 0 Å². The Balaban J connectivity index is 2.48. The van der Waals surface area contributed by atoms with E-state index in [2.05, 4.69) is 23.9 Å². The summed E-state index contributed by atoms with van der Waals surface area (Å²) in [6.07, 6.45) is 5.99. The van der Waals surface area contributed by atoms with Gasteiger partial charge in [0.1, 0.15) is 0 Å². The number of carbonyl (C=O) groups is 1. The van der Waals surface area contributed by atoms with Crippen LogP contribution in [0.1, 0.15) is 46.0 Å². The molecule has 1 saturated carbocycles. The minimum absolute atomic E-state index is 0.204. The summed E-state index contributed by atoms with van der Waals surface area (Å²) in [6.45, 7) is 4.33. The fraction of sp³-hybridized carbons (Fsp3) is 0.909. The van der Waals surface area contributed by atoms with Crippen LogP contribution in [-0.4, -0.2) is 19.2 Å². The standard InChI is InChI=1S/C11H21NO2/c1-9(12-10(13)14-3)11(2)7-5-4-6-8-11/h9H,4-8H2,1-3H3,(H,12,13). The summed E-state index contributed by atoms with van der Waals surface area (Å²) in [4.78, 5) is 11.1. The molecule has 3 heteroatoms. The lowest BCUT2D eigenvalue weighted by molar-refractivity contribution is 0.128. The third-order valence-electron chi connectivity index (χ3n) is 3.56. The molecule has 0 radical (unpaired) electrons. The van der Waals surface area contributed by atoms with E-state index in [4.69, 9.17) is 0 Å². The molecule has 14 heavy (non-hydrogen) atoms. The Morgan fingerprint density at radius 1 is 1.36 bits per heavy atom. The highest BCUT2D eigenvalue weighted by Gasteiger charge is 2.33. The highest BCUT2D eigenvalue weighted by molar-refractivity contribution is 5.67. The third kappa shape index (κ3) is 2.63. The Morgan fingerprint density at radius 3 is 2.43 bits per heavy atom. The van der Waals surface area contributed by atoms with Gasteiger partial charge in [-0.3, -0.25) is 0 Å². The van der Waals surface area contributed by atoms with Crippen molar-refractivity contribution in [1.82, 2.24) is 5.32 Å². The molecule has 1 aliphatic rings. The van der Waals surface area contributed by atoms with E-state index in [-0.39, 0.29) is 17.6 Å². The van der Waals surface area contributed by atoms with Gasteiger partial charge in [0, 0.05) is 6.04 Å². The van der Waals surface area contributed by atoms with Crippen LogP contribution < -0.4 is 5.32 Å². The van der Waals surface area contributed by atoms with E-state index in [1.54, 1.807) is 0 Å². The molecule has 3 nitrogen and oxygen atoms in total. The zero-order chi connectivity index (χ0) is 10.6. The Labute approximate surface area is 86.2 Å². The lowest BCUT2D eigenvalue weighted by atomic mass is 9.71. The van der Waals surface area contributed by atoms with Crippen molar-refractivity contribution in [2.45, 2.75) is 52.0 Å². The maximum atomic E-state index is 11.1. The van der Waals surface area contributed by atoms with Crippen molar-refractivity contribution in [3.8, 4) is 0 Å². The van der Waals surface area contributed by atoms with Crippen molar-refractivity contribution in [1.29, 1.82) is 0 Å². The lowest BCUT2D eigenvalue weighted by Crippen LogP contribution is -2.45. The molecule has 0 aromatic rings. The smallest absolute Gasteiger partial charge is 0.407 e. The Bertz CT molecular complexity index is 197. The molecule has 1 N–H and O–H groups in total. The molecular weight excluding hydrogens is 178 g/mol. The second-order valence-corrected chi connectivity index (χ2v) is 4.57. The molecule has 1 aliphatic carbocycles. The zero-order valence-electron chi connectivity index (χ0n) is 9.43. The van der Waals surface area contributed by atoms with Gasteiger partial charge in [-0.15, -0.1) is 0 Å². The molecule has 0 bridgehead atoms. The van der Waals surface area contributed by atoms with Crippen LogP contribution in [0.15, 0.2) is 0 Å². The molecule has 1 unspecified atom stereocenters. The van der Waals surface area contributed by atoms with Gasteiger partial charge >= 0.3 is 6.09 Å². The maximum absolute atomic E-state index is 11.1. The number of carbonyl (C=O) groups excluding carboxylic acids is 1. The SMILES string of the molecule is COC(=O)NC(C)C1(C)CCCCC1. The third-order valence-corrected chi connectivity index (χ3v) is 3.56. The quantitative estimate of drug-likeness (QED) is 0.742. The average Bonchev–Trinajstić information content (AvgIpc) is 2.18. The normalized spacial score (nSPS) is 22.5. The summed E-state index contributed by atoms with van der Waals surface area (Å²) in [5.41, 5.74) is 0.256. The molecule has 1 atom stereocenters. The second-order valence-electron chi connectivity index (χ2n) is 4.57. The number of nitrogens with one attached hydrogen (secondary N) is 1. The predicted molar refractivity (Wildman–Crippen MR) is 56.2 cm³/mol. The zero-order valence-corrected chi connectivity index (χ0v) is 9.43. The summed E-state index contributed by atoms with van der Waals surface area (Å²) in [7, 11) is 1.41. The van der Waals surface area contributed by atoms with Crippen molar-refractivity contribution >= 4 is 6.09 Å². The number of rotatable bonds is 2. The molecule has 0 spiro atoms. The molecule has 0 aromatic heterocycles. The minimum atomic E-state index is -0.315. The van der Waals surface area contributed by atoms with Gasteiger partial charge in [-0.2, -0.15) is 0 Å². The largest absolute Gasteiger partial charge is 0.453 e. The number of ether oxygens (including phenoxy) is 1. The summed E-state index contributed by atoms with van der Waals surface area (Å²) in [5, 5.41) is 2.88. The van der Waals surface area contributed by atoms with E-state index in [0.717, 1.165) is 0 Å². The topological polar surface area (TPSA) is 38.3 Å². The second kappa shape index (κ2) is 4.67. The fourth-order valence-corrected chi connectivity index (χ4v) is 2.20. The lowest BCUT2D eigenvalue weighted by Gasteiger charge is -2.39. The first-order chi connectivity index (χ1) is 6.58. The average molecular weight is 199 g/mol. The summed E-state index contributed by atoms with van der Waals surface area (Å²) < 4.78 is 4.61. The van der Waals surface area contributed by atoms with E-state index < -0.39 is 0 Å². The monoisotopic (exact) mass is 199 g/mol. The van der Waals surface area contributed by atoms with Gasteiger partial charge in [0.25, 0.3) is 0 Å². The highest BCUT2D eigenvalue weighted by atomic mass is 16.5. The van der Waals surface area contributed by atoms with E-state index in [9.17, 15) is 4.79 Å². The van der Waals surface area contributed by atoms with Crippen LogP contribution in [0.3, 0.4) is 0 Å². The van der Waals surface area contributed by atoms with E-state index in [1.807, 2.05) is 0 Å². The van der Waals surface area contributed by atoms with Crippen molar-refractivity contribution in [2.75, 3.05) is 7.11 Å². The van der Waals surface area contributed by atoms with Crippen molar-refractivity contribution < 1.29 is 9.53 Å². The summed E-state index contributed by atoms with van der Waals surface area (Å²) in [6, 6.07) is 0.204. The molecule has 1 fully saturated rings. The predicted octanol–water partition coefficient (Wildman–Crippen LogP) is 2.70. The first-order valence-corrected chi connectivity index (χ1v) is 5.43. The first-order valence-electron chi connectivity index (χ1n) is 5.43. The summed E-state index contributed by atoms with van der Waals surface area (Å²) in [5.74, 6) is 0. The van der Waals surface area contributed by atoms with Gasteiger partial charge in [-0.1, -0.05) is 26.2 Å². The molecule has 0 aromatic carbocycles. The number of hydrogen-bond acceptors (Lipinski definition) is 2. The van der Waals surface area contributed by atoms with Crippen LogP contribution >= 0.6 is 0 Å². The summed E-state index contributed by atoms with van der Waals surface area (Å²) >= 11 is 0.